The van der Waals surface area contributed by atoms with Crippen molar-refractivity contribution in [3.63, 3.8) is 0 Å². The first kappa shape index (κ1) is 11.8. The van der Waals surface area contributed by atoms with Gasteiger partial charge in [-0.1, -0.05) is 6.92 Å². The van der Waals surface area contributed by atoms with Crippen LogP contribution in [-0.4, -0.2) is 24.6 Å². The van der Waals surface area contributed by atoms with Crippen LogP contribution in [0.3, 0.4) is 0 Å². The molecule has 12 heavy (non-hydrogen) atoms. The minimum atomic E-state index is -0.282. The lowest BCUT2D eigenvalue weighted by Gasteiger charge is -2.23. The van der Waals surface area contributed by atoms with Crippen LogP contribution >= 0.6 is 11.8 Å². The maximum atomic E-state index is 8.96. The second-order valence-corrected chi connectivity index (χ2v) is 3.88. The minimum Gasteiger partial charge on any atom is -0.302 e. The fourth-order valence-electron chi connectivity index (χ4n) is 1.19. The third-order valence-electron chi connectivity index (χ3n) is 2.25. The molecule has 70 valence electrons. The quantitative estimate of drug-likeness (QED) is 0.645. The summed E-state index contributed by atoms with van der Waals surface area (Å²) in [7, 11) is 1.87. The van der Waals surface area contributed by atoms with E-state index in [1.54, 1.807) is 0 Å². The second kappa shape index (κ2) is 6.33. The summed E-state index contributed by atoms with van der Waals surface area (Å²) in [6.45, 7) is 2.05. The smallest absolute Gasteiger partial charge is 0.106 e. The number of nitrogens with zero attached hydrogens (tertiary/aromatic N) is 1. The van der Waals surface area contributed by atoms with Gasteiger partial charge in [-0.05, 0) is 38.3 Å². The molecule has 1 N–H and O–H groups in total. The lowest BCUT2D eigenvalue weighted by Crippen LogP contribution is -2.40. The number of nitriles is 1. The van der Waals surface area contributed by atoms with Crippen LogP contribution in [0.15, 0.2) is 0 Å². The first-order valence-corrected chi connectivity index (χ1v) is 5.73. The maximum absolute atomic E-state index is 8.96. The lowest BCUT2D eigenvalue weighted by molar-refractivity contribution is 0.400. The van der Waals surface area contributed by atoms with E-state index in [0.717, 1.165) is 25.0 Å². The van der Waals surface area contributed by atoms with E-state index in [9.17, 15) is 0 Å². The molecule has 0 bridgehead atoms. The van der Waals surface area contributed by atoms with Gasteiger partial charge in [0, 0.05) is 0 Å². The summed E-state index contributed by atoms with van der Waals surface area (Å²) in [5.41, 5.74) is -0.282. The molecule has 0 aliphatic heterocycles. The molecule has 0 saturated carbocycles. The van der Waals surface area contributed by atoms with Crippen molar-refractivity contribution >= 4 is 11.8 Å². The zero-order valence-corrected chi connectivity index (χ0v) is 9.00. The van der Waals surface area contributed by atoms with Gasteiger partial charge in [-0.15, -0.1) is 0 Å². The van der Waals surface area contributed by atoms with E-state index < -0.39 is 0 Å². The van der Waals surface area contributed by atoms with Gasteiger partial charge in [0.2, 0.25) is 0 Å². The standard InChI is InChI=1S/C9H18N2S/c1-4-9(8-10,11-2)6-5-7-12-3/h11H,4-7H2,1-3H3. The minimum absolute atomic E-state index is 0.282. The molecular weight excluding hydrogens is 168 g/mol. The Balaban J connectivity index is 3.87. The zero-order chi connectivity index (χ0) is 9.45. The number of hydrogen-bond donors (Lipinski definition) is 1. The van der Waals surface area contributed by atoms with Gasteiger partial charge in [-0.3, -0.25) is 0 Å². The molecule has 1 unspecified atom stereocenters. The Morgan fingerprint density at radius 1 is 1.58 bits per heavy atom. The molecule has 0 fully saturated rings. The highest BCUT2D eigenvalue weighted by atomic mass is 32.2. The van der Waals surface area contributed by atoms with E-state index in [1.807, 2.05) is 18.8 Å². The summed E-state index contributed by atoms with van der Waals surface area (Å²) >= 11 is 1.84. The first-order chi connectivity index (χ1) is 5.74. The predicted octanol–water partition coefficient (Wildman–Crippen LogP) is 2.02. The lowest BCUT2D eigenvalue weighted by atomic mass is 9.93. The van der Waals surface area contributed by atoms with Crippen molar-refractivity contribution < 1.29 is 0 Å². The highest BCUT2D eigenvalue weighted by Gasteiger charge is 2.24. The van der Waals surface area contributed by atoms with Crippen LogP contribution in [0.25, 0.3) is 0 Å². The Labute approximate surface area is 79.7 Å². The highest BCUT2D eigenvalue weighted by Crippen LogP contribution is 2.16. The summed E-state index contributed by atoms with van der Waals surface area (Å²) in [5, 5.41) is 12.1. The summed E-state index contributed by atoms with van der Waals surface area (Å²) in [5.74, 6) is 1.14. The Morgan fingerprint density at radius 2 is 2.25 bits per heavy atom. The van der Waals surface area contributed by atoms with Crippen molar-refractivity contribution in [2.24, 2.45) is 0 Å². The Kier molecular flexibility index (Phi) is 6.23. The molecule has 0 saturated heterocycles. The largest absolute Gasteiger partial charge is 0.302 e. The van der Waals surface area contributed by atoms with Crippen LogP contribution in [-0.2, 0) is 0 Å². The topological polar surface area (TPSA) is 35.8 Å². The van der Waals surface area contributed by atoms with Gasteiger partial charge in [-0.25, -0.2) is 0 Å². The zero-order valence-electron chi connectivity index (χ0n) is 8.18. The highest BCUT2D eigenvalue weighted by molar-refractivity contribution is 7.98. The Morgan fingerprint density at radius 3 is 2.58 bits per heavy atom. The van der Waals surface area contributed by atoms with Crippen molar-refractivity contribution in [1.82, 2.24) is 5.32 Å². The number of nitrogens with one attached hydrogen (secondary N) is 1. The van der Waals surface area contributed by atoms with Gasteiger partial charge in [0.05, 0.1) is 6.07 Å². The van der Waals surface area contributed by atoms with Crippen molar-refractivity contribution in [3.05, 3.63) is 0 Å². The van der Waals surface area contributed by atoms with Crippen molar-refractivity contribution in [2.75, 3.05) is 19.1 Å². The first-order valence-electron chi connectivity index (χ1n) is 4.33. The average Bonchev–Trinajstić information content (AvgIpc) is 2.14. The second-order valence-electron chi connectivity index (χ2n) is 2.89. The molecule has 0 aliphatic carbocycles. The van der Waals surface area contributed by atoms with E-state index in [2.05, 4.69) is 24.6 Å². The third kappa shape index (κ3) is 3.46. The predicted molar refractivity (Wildman–Crippen MR) is 55.3 cm³/mol. The Hall–Kier alpha value is -0.200. The van der Waals surface area contributed by atoms with Gasteiger partial charge >= 0.3 is 0 Å². The van der Waals surface area contributed by atoms with Crippen LogP contribution in [0.2, 0.25) is 0 Å². The molecule has 0 heterocycles. The van der Waals surface area contributed by atoms with Crippen LogP contribution in [0.1, 0.15) is 26.2 Å². The summed E-state index contributed by atoms with van der Waals surface area (Å²) in [6, 6.07) is 2.35. The monoisotopic (exact) mass is 186 g/mol. The van der Waals surface area contributed by atoms with E-state index in [1.165, 1.54) is 0 Å². The maximum Gasteiger partial charge on any atom is 0.106 e. The summed E-state index contributed by atoms with van der Waals surface area (Å²) < 4.78 is 0. The number of thioether (sulfide) groups is 1. The van der Waals surface area contributed by atoms with Gasteiger partial charge in [0.15, 0.2) is 0 Å². The van der Waals surface area contributed by atoms with Crippen molar-refractivity contribution in [3.8, 4) is 6.07 Å². The SMILES string of the molecule is CCC(C#N)(CCCSC)NC. The molecule has 0 amide bonds. The molecular formula is C9H18N2S. The van der Waals surface area contributed by atoms with E-state index in [-0.39, 0.29) is 5.54 Å². The average molecular weight is 186 g/mol. The van der Waals surface area contributed by atoms with E-state index in [0.29, 0.717) is 0 Å². The van der Waals surface area contributed by atoms with Gasteiger partial charge < -0.3 is 5.32 Å². The molecule has 0 aliphatic rings. The van der Waals surface area contributed by atoms with Crippen LogP contribution in [0.4, 0.5) is 0 Å². The fraction of sp³-hybridized carbons (Fsp3) is 0.889. The number of hydrogen-bond acceptors (Lipinski definition) is 3. The molecule has 2 nitrogen and oxygen atoms in total. The molecule has 3 heteroatoms. The van der Waals surface area contributed by atoms with Crippen molar-refractivity contribution in [2.45, 2.75) is 31.7 Å². The Bertz CT molecular complexity index is 147. The molecule has 0 spiro atoms. The van der Waals surface area contributed by atoms with Crippen molar-refractivity contribution in [1.29, 1.82) is 5.26 Å². The summed E-state index contributed by atoms with van der Waals surface area (Å²) in [4.78, 5) is 0. The van der Waals surface area contributed by atoms with E-state index in [4.69, 9.17) is 5.26 Å². The normalized spacial score (nSPS) is 15.2. The summed E-state index contributed by atoms with van der Waals surface area (Å²) in [6.07, 6.45) is 5.05. The van der Waals surface area contributed by atoms with Gasteiger partial charge in [0.1, 0.15) is 5.54 Å². The molecule has 0 radical (unpaired) electrons. The van der Waals surface area contributed by atoms with Gasteiger partial charge in [0.25, 0.3) is 0 Å². The number of rotatable bonds is 6. The molecule has 0 aromatic heterocycles. The van der Waals surface area contributed by atoms with Crippen LogP contribution < -0.4 is 5.32 Å². The molecule has 0 aromatic carbocycles. The fourth-order valence-corrected chi connectivity index (χ4v) is 1.62. The molecule has 0 rings (SSSR count). The molecule has 1 atom stereocenters. The molecule has 0 aromatic rings. The third-order valence-corrected chi connectivity index (χ3v) is 2.95. The van der Waals surface area contributed by atoms with E-state index >= 15 is 0 Å². The van der Waals surface area contributed by atoms with Crippen LogP contribution in [0.5, 0.6) is 0 Å². The van der Waals surface area contributed by atoms with Crippen LogP contribution in [0, 0.1) is 11.3 Å². The van der Waals surface area contributed by atoms with Gasteiger partial charge in [-0.2, -0.15) is 17.0 Å².